The zero-order valence-electron chi connectivity index (χ0n) is 12.3. The largest absolute Gasteiger partial charge is 0.388 e. The van der Waals surface area contributed by atoms with Crippen molar-refractivity contribution in [2.24, 2.45) is 11.1 Å². The molecule has 0 amide bonds. The van der Waals surface area contributed by atoms with Gasteiger partial charge in [-0.3, -0.25) is 10.3 Å². The van der Waals surface area contributed by atoms with Crippen molar-refractivity contribution in [2.45, 2.75) is 19.3 Å². The van der Waals surface area contributed by atoms with Crippen molar-refractivity contribution in [3.63, 3.8) is 0 Å². The van der Waals surface area contributed by atoms with Crippen LogP contribution in [0.25, 0.3) is 0 Å². The SMILES string of the molecule is N=C(N)CC1(CN2CCN(c3ccccc3F)CC2)CC1. The van der Waals surface area contributed by atoms with Crippen molar-refractivity contribution in [1.29, 1.82) is 5.41 Å². The lowest BCUT2D eigenvalue weighted by Crippen LogP contribution is -2.48. The molecule has 1 aliphatic carbocycles. The van der Waals surface area contributed by atoms with Gasteiger partial charge in [-0.15, -0.1) is 0 Å². The van der Waals surface area contributed by atoms with Crippen LogP contribution in [0.4, 0.5) is 10.1 Å². The Hall–Kier alpha value is -1.62. The van der Waals surface area contributed by atoms with Crippen LogP contribution in [-0.2, 0) is 0 Å². The monoisotopic (exact) mass is 290 g/mol. The van der Waals surface area contributed by atoms with E-state index in [0.29, 0.717) is 11.5 Å². The highest BCUT2D eigenvalue weighted by Gasteiger charge is 2.44. The maximum Gasteiger partial charge on any atom is 0.146 e. The van der Waals surface area contributed by atoms with E-state index in [9.17, 15) is 4.39 Å². The fraction of sp³-hybridized carbons (Fsp3) is 0.562. The second-order valence-electron chi connectivity index (χ2n) is 6.42. The van der Waals surface area contributed by atoms with E-state index >= 15 is 0 Å². The predicted octanol–water partition coefficient (Wildman–Crippen LogP) is 2.05. The van der Waals surface area contributed by atoms with Gasteiger partial charge in [-0.25, -0.2) is 4.39 Å². The van der Waals surface area contributed by atoms with Gasteiger partial charge in [0.1, 0.15) is 5.82 Å². The Morgan fingerprint density at radius 1 is 1.19 bits per heavy atom. The molecule has 1 aromatic carbocycles. The van der Waals surface area contributed by atoms with E-state index in [1.165, 1.54) is 18.9 Å². The maximum atomic E-state index is 13.8. The molecule has 2 fully saturated rings. The van der Waals surface area contributed by atoms with Crippen molar-refractivity contribution < 1.29 is 4.39 Å². The molecule has 1 aliphatic heterocycles. The molecule has 0 atom stereocenters. The summed E-state index contributed by atoms with van der Waals surface area (Å²) in [6.45, 7) is 4.65. The molecule has 114 valence electrons. The van der Waals surface area contributed by atoms with E-state index in [1.54, 1.807) is 6.07 Å². The van der Waals surface area contributed by atoms with E-state index in [4.69, 9.17) is 11.1 Å². The van der Waals surface area contributed by atoms with Crippen LogP contribution in [0.2, 0.25) is 0 Å². The van der Waals surface area contributed by atoms with Crippen LogP contribution < -0.4 is 10.6 Å². The van der Waals surface area contributed by atoms with E-state index in [1.807, 2.05) is 12.1 Å². The third kappa shape index (κ3) is 3.35. The Bertz CT molecular complexity index is 519. The van der Waals surface area contributed by atoms with Gasteiger partial charge in [-0.2, -0.15) is 0 Å². The van der Waals surface area contributed by atoms with Crippen LogP contribution in [0.15, 0.2) is 24.3 Å². The summed E-state index contributed by atoms with van der Waals surface area (Å²) in [7, 11) is 0. The van der Waals surface area contributed by atoms with Crippen LogP contribution in [-0.4, -0.2) is 43.5 Å². The molecule has 1 saturated heterocycles. The van der Waals surface area contributed by atoms with Crippen LogP contribution in [0, 0.1) is 16.6 Å². The first-order valence-electron chi connectivity index (χ1n) is 7.63. The Morgan fingerprint density at radius 2 is 1.86 bits per heavy atom. The number of nitrogens with two attached hydrogens (primary N) is 1. The van der Waals surface area contributed by atoms with Crippen LogP contribution in [0.5, 0.6) is 0 Å². The summed E-state index contributed by atoms with van der Waals surface area (Å²) in [5, 5.41) is 7.48. The second-order valence-corrected chi connectivity index (χ2v) is 6.42. The molecule has 21 heavy (non-hydrogen) atoms. The number of piperazine rings is 1. The van der Waals surface area contributed by atoms with Gasteiger partial charge in [0.05, 0.1) is 11.5 Å². The molecule has 0 radical (unpaired) electrons. The number of benzene rings is 1. The van der Waals surface area contributed by atoms with Gasteiger partial charge in [0.15, 0.2) is 0 Å². The average Bonchev–Trinajstić information content (AvgIpc) is 3.19. The summed E-state index contributed by atoms with van der Waals surface area (Å²) >= 11 is 0. The van der Waals surface area contributed by atoms with Gasteiger partial charge in [-0.05, 0) is 30.4 Å². The summed E-state index contributed by atoms with van der Waals surface area (Å²) in [5.74, 6) is 0.165. The number of nitrogens with zero attached hydrogens (tertiary/aromatic N) is 2. The first kappa shape index (κ1) is 14.3. The summed E-state index contributed by atoms with van der Waals surface area (Å²) in [5.41, 5.74) is 6.52. The van der Waals surface area contributed by atoms with Gasteiger partial charge in [-0.1, -0.05) is 12.1 Å². The minimum Gasteiger partial charge on any atom is -0.388 e. The normalized spacial score (nSPS) is 21.3. The van der Waals surface area contributed by atoms with Crippen LogP contribution >= 0.6 is 0 Å². The fourth-order valence-electron chi connectivity index (χ4n) is 3.30. The minimum atomic E-state index is -0.138. The number of anilines is 1. The summed E-state index contributed by atoms with van der Waals surface area (Å²) in [4.78, 5) is 4.56. The molecule has 0 unspecified atom stereocenters. The summed E-state index contributed by atoms with van der Waals surface area (Å²) < 4.78 is 13.8. The number of nitrogens with one attached hydrogen (secondary N) is 1. The molecule has 2 aliphatic rings. The number of rotatable bonds is 5. The first-order valence-corrected chi connectivity index (χ1v) is 7.63. The Kier molecular flexibility index (Phi) is 3.85. The van der Waals surface area contributed by atoms with Crippen molar-refractivity contribution in [3.05, 3.63) is 30.1 Å². The molecule has 1 heterocycles. The van der Waals surface area contributed by atoms with Crippen LogP contribution in [0.3, 0.4) is 0 Å². The minimum absolute atomic E-state index is 0.138. The lowest BCUT2D eigenvalue weighted by molar-refractivity contribution is 0.210. The molecule has 0 spiro atoms. The molecular formula is C16H23FN4. The third-order valence-electron chi connectivity index (χ3n) is 4.65. The van der Waals surface area contributed by atoms with Gasteiger partial charge in [0, 0.05) is 39.1 Å². The highest BCUT2D eigenvalue weighted by atomic mass is 19.1. The average molecular weight is 290 g/mol. The summed E-state index contributed by atoms with van der Waals surface area (Å²) in [6, 6.07) is 6.99. The molecule has 0 aromatic heterocycles. The molecule has 1 saturated carbocycles. The fourth-order valence-corrected chi connectivity index (χ4v) is 3.30. The Labute approximate surface area is 125 Å². The van der Waals surface area contributed by atoms with E-state index < -0.39 is 0 Å². The maximum absolute atomic E-state index is 13.8. The van der Waals surface area contributed by atoms with Gasteiger partial charge < -0.3 is 10.6 Å². The molecule has 3 N–H and O–H groups in total. The first-order chi connectivity index (χ1) is 10.1. The number of hydrogen-bond donors (Lipinski definition) is 2. The number of hydrogen-bond acceptors (Lipinski definition) is 3. The lowest BCUT2D eigenvalue weighted by Gasteiger charge is -2.37. The standard InChI is InChI=1S/C16H23FN4/c17-13-3-1-2-4-14(13)21-9-7-20(8-10-21)12-16(5-6-16)11-15(18)19/h1-4H,5-12H2,(H3,18,19). The number of para-hydroxylation sites is 1. The lowest BCUT2D eigenvalue weighted by atomic mass is 10.0. The number of amidine groups is 1. The highest BCUT2D eigenvalue weighted by Crippen LogP contribution is 2.49. The van der Waals surface area contributed by atoms with Crippen LogP contribution in [0.1, 0.15) is 19.3 Å². The zero-order chi connectivity index (χ0) is 14.9. The predicted molar refractivity (Wildman–Crippen MR) is 83.3 cm³/mol. The topological polar surface area (TPSA) is 56.4 Å². The van der Waals surface area contributed by atoms with Crippen molar-refractivity contribution >= 4 is 11.5 Å². The van der Waals surface area contributed by atoms with E-state index in [-0.39, 0.29) is 11.2 Å². The zero-order valence-corrected chi connectivity index (χ0v) is 12.3. The molecule has 1 aromatic rings. The highest BCUT2D eigenvalue weighted by molar-refractivity contribution is 5.78. The van der Waals surface area contributed by atoms with Gasteiger partial charge in [0.2, 0.25) is 0 Å². The van der Waals surface area contributed by atoms with E-state index in [2.05, 4.69) is 9.80 Å². The molecular weight excluding hydrogens is 267 g/mol. The Morgan fingerprint density at radius 3 is 2.43 bits per heavy atom. The quantitative estimate of drug-likeness (QED) is 0.644. The van der Waals surface area contributed by atoms with Crippen molar-refractivity contribution in [1.82, 2.24) is 4.90 Å². The Balaban J connectivity index is 1.54. The van der Waals surface area contributed by atoms with Crippen molar-refractivity contribution in [3.8, 4) is 0 Å². The van der Waals surface area contributed by atoms with E-state index in [0.717, 1.165) is 39.1 Å². The molecule has 0 bridgehead atoms. The molecule has 3 rings (SSSR count). The van der Waals surface area contributed by atoms with Gasteiger partial charge in [0.25, 0.3) is 0 Å². The smallest absolute Gasteiger partial charge is 0.146 e. The third-order valence-corrected chi connectivity index (χ3v) is 4.65. The van der Waals surface area contributed by atoms with Crippen molar-refractivity contribution in [2.75, 3.05) is 37.6 Å². The number of halogens is 1. The molecule has 5 heteroatoms. The molecule has 4 nitrogen and oxygen atoms in total. The second kappa shape index (κ2) is 5.64. The van der Waals surface area contributed by atoms with Gasteiger partial charge >= 0.3 is 0 Å². The summed E-state index contributed by atoms with van der Waals surface area (Å²) in [6.07, 6.45) is 3.08.